The first-order valence-electron chi connectivity index (χ1n) is 11.9. The van der Waals surface area contributed by atoms with Gasteiger partial charge >= 0.3 is 0 Å². The molecule has 1 nitrogen and oxygen atoms in total. The van der Waals surface area contributed by atoms with Gasteiger partial charge in [-0.2, -0.15) is 0 Å². The van der Waals surface area contributed by atoms with Gasteiger partial charge in [0.15, 0.2) is 0 Å². The van der Waals surface area contributed by atoms with Crippen LogP contribution in [-0.4, -0.2) is 13.1 Å². The lowest BCUT2D eigenvalue weighted by molar-refractivity contribution is 0.543. The predicted molar refractivity (Wildman–Crippen MR) is 134 cm³/mol. The molecule has 0 heterocycles. The predicted octanol–water partition coefficient (Wildman–Crippen LogP) is 8.29. The largest absolute Gasteiger partial charge is 0.372 e. The van der Waals surface area contributed by atoms with Crippen LogP contribution in [0.5, 0.6) is 0 Å². The Morgan fingerprint density at radius 3 is 1.97 bits per heavy atom. The third-order valence-corrected chi connectivity index (χ3v) is 6.67. The SMILES string of the molecule is C=CCC1(CC=C)c2ccccc2-c2ccc(N(CCCCC)CCCCC)cc21. The van der Waals surface area contributed by atoms with Gasteiger partial charge < -0.3 is 4.90 Å². The zero-order chi connectivity index (χ0) is 21.4. The molecule has 1 heteroatoms. The molecule has 0 N–H and O–H groups in total. The number of hydrogen-bond donors (Lipinski definition) is 0. The van der Waals surface area contributed by atoms with Crippen molar-refractivity contribution >= 4 is 5.69 Å². The van der Waals surface area contributed by atoms with Crippen molar-refractivity contribution in [3.63, 3.8) is 0 Å². The van der Waals surface area contributed by atoms with Crippen LogP contribution in [-0.2, 0) is 5.41 Å². The Labute approximate surface area is 184 Å². The molecule has 0 saturated heterocycles. The Kier molecular flexibility index (Phi) is 7.96. The number of benzene rings is 2. The van der Waals surface area contributed by atoms with E-state index in [-0.39, 0.29) is 5.41 Å². The molecule has 0 amide bonds. The number of hydrogen-bond acceptors (Lipinski definition) is 1. The van der Waals surface area contributed by atoms with Crippen molar-refractivity contribution in [3.05, 3.63) is 78.9 Å². The molecule has 0 bridgehead atoms. The number of rotatable bonds is 13. The summed E-state index contributed by atoms with van der Waals surface area (Å²) >= 11 is 0. The third kappa shape index (κ3) is 4.41. The van der Waals surface area contributed by atoms with Crippen molar-refractivity contribution < 1.29 is 0 Å². The Bertz CT molecular complexity index is 827. The normalized spacial score (nSPS) is 13.5. The van der Waals surface area contributed by atoms with E-state index >= 15 is 0 Å². The van der Waals surface area contributed by atoms with Gasteiger partial charge in [0, 0.05) is 24.2 Å². The second-order valence-corrected chi connectivity index (χ2v) is 8.74. The van der Waals surface area contributed by atoms with E-state index < -0.39 is 0 Å². The van der Waals surface area contributed by atoms with E-state index in [2.05, 4.69) is 86.5 Å². The van der Waals surface area contributed by atoms with Gasteiger partial charge in [0.2, 0.25) is 0 Å². The Morgan fingerprint density at radius 2 is 1.37 bits per heavy atom. The molecule has 0 fully saturated rings. The number of allylic oxidation sites excluding steroid dienone is 2. The van der Waals surface area contributed by atoms with Crippen molar-refractivity contribution in [1.82, 2.24) is 0 Å². The topological polar surface area (TPSA) is 3.24 Å². The summed E-state index contributed by atoms with van der Waals surface area (Å²) in [5.41, 5.74) is 7.00. The van der Waals surface area contributed by atoms with Gasteiger partial charge in [0.1, 0.15) is 0 Å². The fourth-order valence-corrected chi connectivity index (χ4v) is 5.13. The highest BCUT2D eigenvalue weighted by atomic mass is 15.1. The van der Waals surface area contributed by atoms with Gasteiger partial charge in [-0.25, -0.2) is 0 Å². The maximum absolute atomic E-state index is 4.11. The van der Waals surface area contributed by atoms with E-state index in [0.29, 0.717) is 0 Å². The summed E-state index contributed by atoms with van der Waals surface area (Å²) in [5, 5.41) is 0. The fourth-order valence-electron chi connectivity index (χ4n) is 5.13. The summed E-state index contributed by atoms with van der Waals surface area (Å²) in [4.78, 5) is 2.63. The van der Waals surface area contributed by atoms with Crippen molar-refractivity contribution in [2.24, 2.45) is 0 Å². The molecular weight excluding hydrogens is 362 g/mol. The summed E-state index contributed by atoms with van der Waals surface area (Å²) in [6.07, 6.45) is 13.7. The third-order valence-electron chi connectivity index (χ3n) is 6.67. The van der Waals surface area contributed by atoms with Gasteiger partial charge in [0.05, 0.1) is 0 Å². The molecule has 0 aromatic heterocycles. The molecule has 1 aliphatic rings. The quantitative estimate of drug-likeness (QED) is 0.241. The fraction of sp³-hybridized carbons (Fsp3) is 0.448. The second-order valence-electron chi connectivity index (χ2n) is 8.74. The highest BCUT2D eigenvalue weighted by Gasteiger charge is 2.41. The molecule has 0 radical (unpaired) electrons. The first kappa shape index (κ1) is 22.4. The van der Waals surface area contributed by atoms with Crippen LogP contribution in [0.15, 0.2) is 67.8 Å². The molecule has 0 atom stereocenters. The summed E-state index contributed by atoms with van der Waals surface area (Å²) in [7, 11) is 0. The lowest BCUT2D eigenvalue weighted by Gasteiger charge is -2.32. The van der Waals surface area contributed by atoms with E-state index in [1.807, 2.05) is 0 Å². The van der Waals surface area contributed by atoms with E-state index in [1.165, 1.54) is 66.5 Å². The van der Waals surface area contributed by atoms with Gasteiger partial charge in [-0.15, -0.1) is 13.2 Å². The molecule has 0 aliphatic heterocycles. The van der Waals surface area contributed by atoms with Crippen LogP contribution in [0.25, 0.3) is 11.1 Å². The molecule has 0 saturated carbocycles. The molecule has 160 valence electrons. The lowest BCUT2D eigenvalue weighted by Crippen LogP contribution is -2.27. The average Bonchev–Trinajstić information content (AvgIpc) is 3.03. The lowest BCUT2D eigenvalue weighted by atomic mass is 9.73. The standard InChI is InChI=1S/C29H39N/c1-5-9-13-21-30(22-14-10-6-2)24-17-18-26-25-15-11-12-16-27(25)29(19-7-3,20-8-4)28(26)23-24/h7-8,11-12,15-18,23H,3-6,9-10,13-14,19-22H2,1-2H3. The van der Waals surface area contributed by atoms with Gasteiger partial charge in [-0.05, 0) is 60.1 Å². The molecule has 2 aromatic carbocycles. The monoisotopic (exact) mass is 401 g/mol. The molecule has 2 aromatic rings. The van der Waals surface area contributed by atoms with Gasteiger partial charge in [0.25, 0.3) is 0 Å². The minimum absolute atomic E-state index is 0.0378. The summed E-state index contributed by atoms with van der Waals surface area (Å²) in [6, 6.07) is 16.1. The Balaban J connectivity index is 2.03. The molecule has 1 aliphatic carbocycles. The summed E-state index contributed by atoms with van der Waals surface area (Å²) in [6.45, 7) is 15.1. The van der Waals surface area contributed by atoms with E-state index in [0.717, 1.165) is 25.9 Å². The molecular formula is C29H39N. The molecule has 0 unspecified atom stereocenters. The number of anilines is 1. The van der Waals surface area contributed by atoms with Gasteiger partial charge in [-0.3, -0.25) is 0 Å². The number of fused-ring (bicyclic) bond motifs is 3. The van der Waals surface area contributed by atoms with Crippen LogP contribution in [0.4, 0.5) is 5.69 Å². The van der Waals surface area contributed by atoms with E-state index in [4.69, 9.17) is 0 Å². The molecule has 3 rings (SSSR count). The van der Waals surface area contributed by atoms with Crippen molar-refractivity contribution in [2.75, 3.05) is 18.0 Å². The minimum atomic E-state index is -0.0378. The molecule has 0 spiro atoms. The van der Waals surface area contributed by atoms with E-state index in [1.54, 1.807) is 0 Å². The zero-order valence-corrected chi connectivity index (χ0v) is 19.1. The second kappa shape index (κ2) is 10.7. The molecule has 30 heavy (non-hydrogen) atoms. The van der Waals surface area contributed by atoms with Crippen LogP contribution in [0, 0.1) is 0 Å². The summed E-state index contributed by atoms with van der Waals surface area (Å²) < 4.78 is 0. The van der Waals surface area contributed by atoms with Crippen LogP contribution < -0.4 is 4.90 Å². The van der Waals surface area contributed by atoms with E-state index in [9.17, 15) is 0 Å². The van der Waals surface area contributed by atoms with Crippen LogP contribution >= 0.6 is 0 Å². The first-order chi connectivity index (χ1) is 14.7. The minimum Gasteiger partial charge on any atom is -0.372 e. The van der Waals surface area contributed by atoms with Crippen LogP contribution in [0.2, 0.25) is 0 Å². The first-order valence-corrected chi connectivity index (χ1v) is 11.9. The number of nitrogens with zero attached hydrogens (tertiary/aromatic N) is 1. The maximum Gasteiger partial charge on any atom is 0.0369 e. The van der Waals surface area contributed by atoms with Crippen molar-refractivity contribution in [3.8, 4) is 11.1 Å². The van der Waals surface area contributed by atoms with Crippen molar-refractivity contribution in [2.45, 2.75) is 70.6 Å². The highest BCUT2D eigenvalue weighted by Crippen LogP contribution is 2.53. The Morgan fingerprint density at radius 1 is 0.767 bits per heavy atom. The van der Waals surface area contributed by atoms with Gasteiger partial charge in [-0.1, -0.05) is 82.0 Å². The zero-order valence-electron chi connectivity index (χ0n) is 19.1. The smallest absolute Gasteiger partial charge is 0.0369 e. The number of unbranched alkanes of at least 4 members (excludes halogenated alkanes) is 4. The highest BCUT2D eigenvalue weighted by molar-refractivity contribution is 5.83. The Hall–Kier alpha value is -2.28. The maximum atomic E-state index is 4.11. The van der Waals surface area contributed by atoms with Crippen molar-refractivity contribution in [1.29, 1.82) is 0 Å². The average molecular weight is 402 g/mol. The van der Waals surface area contributed by atoms with Crippen LogP contribution in [0.3, 0.4) is 0 Å². The van der Waals surface area contributed by atoms with Crippen LogP contribution in [0.1, 0.15) is 76.3 Å². The summed E-state index contributed by atoms with van der Waals surface area (Å²) in [5.74, 6) is 0.